The third-order valence-electron chi connectivity index (χ3n) is 3.72. The van der Waals surface area contributed by atoms with Gasteiger partial charge in [0.2, 0.25) is 5.91 Å². The Morgan fingerprint density at radius 3 is 2.20 bits per heavy atom. The maximum atomic E-state index is 11.8. The van der Waals surface area contributed by atoms with Crippen LogP contribution in [-0.4, -0.2) is 11.9 Å². The van der Waals surface area contributed by atoms with Gasteiger partial charge in [-0.05, 0) is 44.4 Å². The van der Waals surface area contributed by atoms with E-state index in [9.17, 15) is 4.79 Å². The molecule has 0 atom stereocenters. The van der Waals surface area contributed by atoms with Gasteiger partial charge in [-0.3, -0.25) is 4.79 Å². The molecule has 1 N–H and O–H groups in total. The van der Waals surface area contributed by atoms with Crippen LogP contribution in [0.2, 0.25) is 0 Å². The Bertz CT molecular complexity index is 191. The maximum Gasteiger partial charge on any atom is 0.223 e. The van der Waals surface area contributed by atoms with Crippen molar-refractivity contribution in [2.24, 2.45) is 11.8 Å². The molecule has 0 aromatic rings. The molecule has 0 heterocycles. The minimum absolute atomic E-state index is 0.226. The third kappa shape index (κ3) is 3.84. The van der Waals surface area contributed by atoms with Gasteiger partial charge >= 0.3 is 0 Å². The van der Waals surface area contributed by atoms with Crippen LogP contribution in [0.15, 0.2) is 0 Å². The van der Waals surface area contributed by atoms with Gasteiger partial charge in [-0.2, -0.15) is 0 Å². The average Bonchev–Trinajstić information content (AvgIpc) is 2.23. The largest absolute Gasteiger partial charge is 0.353 e. The smallest absolute Gasteiger partial charge is 0.223 e. The zero-order valence-electron chi connectivity index (χ0n) is 10.4. The second-order valence-corrected chi connectivity index (χ2v) is 4.98. The molecule has 0 bridgehead atoms. The van der Waals surface area contributed by atoms with Gasteiger partial charge in [-0.1, -0.05) is 20.8 Å². The molecule has 15 heavy (non-hydrogen) atoms. The molecule has 0 aliphatic heterocycles. The van der Waals surface area contributed by atoms with Crippen molar-refractivity contribution in [3.05, 3.63) is 0 Å². The molecule has 1 amide bonds. The van der Waals surface area contributed by atoms with Gasteiger partial charge < -0.3 is 5.32 Å². The summed E-state index contributed by atoms with van der Waals surface area (Å²) in [6.07, 6.45) is 6.82. The molecular formula is C13H25NO. The van der Waals surface area contributed by atoms with Crippen molar-refractivity contribution in [3.63, 3.8) is 0 Å². The zero-order chi connectivity index (χ0) is 11.3. The van der Waals surface area contributed by atoms with Crippen LogP contribution >= 0.6 is 0 Å². The molecule has 1 fully saturated rings. The second-order valence-electron chi connectivity index (χ2n) is 4.98. The second kappa shape index (κ2) is 6.14. The molecule has 2 nitrogen and oxygen atoms in total. The summed E-state index contributed by atoms with van der Waals surface area (Å²) in [5.74, 6) is 1.36. The first-order valence-corrected chi connectivity index (χ1v) is 6.47. The van der Waals surface area contributed by atoms with Crippen LogP contribution in [0.25, 0.3) is 0 Å². The lowest BCUT2D eigenvalue weighted by Crippen LogP contribution is -2.40. The quantitative estimate of drug-likeness (QED) is 0.760. The first kappa shape index (κ1) is 12.5. The van der Waals surface area contributed by atoms with Gasteiger partial charge in [0.1, 0.15) is 0 Å². The molecule has 0 saturated heterocycles. The van der Waals surface area contributed by atoms with Gasteiger partial charge in [0.05, 0.1) is 0 Å². The molecule has 88 valence electrons. The fourth-order valence-electron chi connectivity index (χ4n) is 2.38. The highest BCUT2D eigenvalue weighted by molar-refractivity contribution is 5.78. The lowest BCUT2D eigenvalue weighted by Gasteiger charge is -2.28. The highest BCUT2D eigenvalue weighted by atomic mass is 16.1. The molecule has 0 unspecified atom stereocenters. The Morgan fingerprint density at radius 2 is 1.73 bits per heavy atom. The number of hydrogen-bond acceptors (Lipinski definition) is 1. The van der Waals surface area contributed by atoms with E-state index < -0.39 is 0 Å². The third-order valence-corrected chi connectivity index (χ3v) is 3.72. The van der Waals surface area contributed by atoms with E-state index >= 15 is 0 Å². The SMILES string of the molecule is CCC(CC)C(=O)NC1CCC(C)CC1. The van der Waals surface area contributed by atoms with Crippen molar-refractivity contribution in [2.75, 3.05) is 0 Å². The van der Waals surface area contributed by atoms with Crippen molar-refractivity contribution in [3.8, 4) is 0 Å². The van der Waals surface area contributed by atoms with Crippen molar-refractivity contribution in [2.45, 2.75) is 65.3 Å². The van der Waals surface area contributed by atoms with Crippen LogP contribution < -0.4 is 5.32 Å². The Balaban J connectivity index is 2.31. The number of amides is 1. The van der Waals surface area contributed by atoms with Gasteiger partial charge in [-0.15, -0.1) is 0 Å². The Hall–Kier alpha value is -0.530. The van der Waals surface area contributed by atoms with Crippen LogP contribution in [0.5, 0.6) is 0 Å². The maximum absolute atomic E-state index is 11.8. The van der Waals surface area contributed by atoms with Crippen LogP contribution in [0, 0.1) is 11.8 Å². The molecule has 1 rings (SSSR count). The van der Waals surface area contributed by atoms with Gasteiger partial charge in [0.25, 0.3) is 0 Å². The topological polar surface area (TPSA) is 29.1 Å². The fraction of sp³-hybridized carbons (Fsp3) is 0.923. The highest BCUT2D eigenvalue weighted by Crippen LogP contribution is 2.23. The Kier molecular flexibility index (Phi) is 5.13. The molecule has 1 aliphatic carbocycles. The molecule has 0 aromatic heterocycles. The highest BCUT2D eigenvalue weighted by Gasteiger charge is 2.22. The summed E-state index contributed by atoms with van der Waals surface area (Å²) in [6, 6.07) is 0.453. The van der Waals surface area contributed by atoms with Crippen LogP contribution in [-0.2, 0) is 4.79 Å². The molecule has 1 saturated carbocycles. The predicted octanol–water partition coefficient (Wildman–Crippen LogP) is 3.12. The van der Waals surface area contributed by atoms with E-state index in [1.807, 2.05) is 0 Å². The van der Waals surface area contributed by atoms with Crippen molar-refractivity contribution >= 4 is 5.91 Å². The van der Waals surface area contributed by atoms with E-state index in [0.717, 1.165) is 18.8 Å². The molecule has 0 aromatic carbocycles. The van der Waals surface area contributed by atoms with Gasteiger partial charge in [0.15, 0.2) is 0 Å². The van der Waals surface area contributed by atoms with E-state index in [-0.39, 0.29) is 11.8 Å². The van der Waals surface area contributed by atoms with E-state index in [1.54, 1.807) is 0 Å². The Labute approximate surface area is 93.8 Å². The number of carbonyl (C=O) groups excluding carboxylic acids is 1. The lowest BCUT2D eigenvalue weighted by molar-refractivity contribution is -0.126. The standard InChI is InChI=1S/C13H25NO/c1-4-11(5-2)13(15)14-12-8-6-10(3)7-9-12/h10-12H,4-9H2,1-3H3,(H,14,15). The summed E-state index contributed by atoms with van der Waals surface area (Å²) in [6.45, 7) is 6.49. The van der Waals surface area contributed by atoms with Crippen molar-refractivity contribution < 1.29 is 4.79 Å². The van der Waals surface area contributed by atoms with Gasteiger partial charge in [-0.25, -0.2) is 0 Å². The first-order chi connectivity index (χ1) is 7.17. The molecule has 0 radical (unpaired) electrons. The van der Waals surface area contributed by atoms with Crippen LogP contribution in [0.3, 0.4) is 0 Å². The number of hydrogen-bond donors (Lipinski definition) is 1. The number of nitrogens with one attached hydrogen (secondary N) is 1. The Morgan fingerprint density at radius 1 is 1.20 bits per heavy atom. The molecule has 1 aliphatic rings. The van der Waals surface area contributed by atoms with E-state index in [4.69, 9.17) is 0 Å². The van der Waals surface area contributed by atoms with Crippen molar-refractivity contribution in [1.82, 2.24) is 5.32 Å². The fourth-order valence-corrected chi connectivity index (χ4v) is 2.38. The van der Waals surface area contributed by atoms with E-state index in [2.05, 4.69) is 26.1 Å². The minimum atomic E-state index is 0.226. The van der Waals surface area contributed by atoms with E-state index in [0.29, 0.717) is 6.04 Å². The monoisotopic (exact) mass is 211 g/mol. The summed E-state index contributed by atoms with van der Waals surface area (Å²) in [4.78, 5) is 11.8. The van der Waals surface area contributed by atoms with E-state index in [1.165, 1.54) is 25.7 Å². The molecular weight excluding hydrogens is 186 g/mol. The number of carbonyl (C=O) groups is 1. The molecule has 2 heteroatoms. The zero-order valence-corrected chi connectivity index (χ0v) is 10.4. The molecule has 0 spiro atoms. The van der Waals surface area contributed by atoms with Gasteiger partial charge in [0, 0.05) is 12.0 Å². The first-order valence-electron chi connectivity index (χ1n) is 6.47. The summed E-state index contributed by atoms with van der Waals surface area (Å²) >= 11 is 0. The average molecular weight is 211 g/mol. The predicted molar refractivity (Wildman–Crippen MR) is 63.6 cm³/mol. The summed E-state index contributed by atoms with van der Waals surface area (Å²) in [7, 11) is 0. The number of rotatable bonds is 4. The summed E-state index contributed by atoms with van der Waals surface area (Å²) in [5.41, 5.74) is 0. The summed E-state index contributed by atoms with van der Waals surface area (Å²) < 4.78 is 0. The lowest BCUT2D eigenvalue weighted by atomic mass is 9.87. The minimum Gasteiger partial charge on any atom is -0.353 e. The van der Waals surface area contributed by atoms with Crippen LogP contribution in [0.4, 0.5) is 0 Å². The van der Waals surface area contributed by atoms with Crippen LogP contribution in [0.1, 0.15) is 59.3 Å². The van der Waals surface area contributed by atoms with Crippen molar-refractivity contribution in [1.29, 1.82) is 0 Å². The normalized spacial score (nSPS) is 26.7. The summed E-state index contributed by atoms with van der Waals surface area (Å²) in [5, 5.41) is 3.20.